The zero-order valence-electron chi connectivity index (χ0n) is 17.6. The number of nitrogens with zero attached hydrogens (tertiary/aromatic N) is 3. The third-order valence-corrected chi connectivity index (χ3v) is 5.52. The highest BCUT2D eigenvalue weighted by atomic mass is 32.2. The summed E-state index contributed by atoms with van der Waals surface area (Å²) in [6.07, 6.45) is 2.91. The summed E-state index contributed by atoms with van der Waals surface area (Å²) in [6, 6.07) is 8.07. The summed E-state index contributed by atoms with van der Waals surface area (Å²) in [4.78, 5) is 19.6. The average Bonchev–Trinajstić information content (AvgIpc) is 2.77. The second-order valence-corrected chi connectivity index (χ2v) is 8.01. The predicted molar refractivity (Wildman–Crippen MR) is 119 cm³/mol. The summed E-state index contributed by atoms with van der Waals surface area (Å²) < 4.78 is 19.3. The molecule has 1 amide bonds. The molecule has 164 valence electrons. The fourth-order valence-electron chi connectivity index (χ4n) is 3.06. The molecule has 0 radical (unpaired) electrons. The van der Waals surface area contributed by atoms with Crippen molar-refractivity contribution in [1.82, 2.24) is 10.2 Å². The van der Waals surface area contributed by atoms with Crippen LogP contribution in [0.2, 0.25) is 0 Å². The first-order chi connectivity index (χ1) is 14.6. The van der Waals surface area contributed by atoms with Crippen molar-refractivity contribution in [3.05, 3.63) is 30.1 Å². The van der Waals surface area contributed by atoms with Crippen molar-refractivity contribution in [1.29, 1.82) is 5.26 Å². The number of carbonyl (C=O) groups excluding carboxylic acids is 1. The van der Waals surface area contributed by atoms with Gasteiger partial charge in [-0.25, -0.2) is 4.39 Å². The van der Waals surface area contributed by atoms with E-state index in [-0.39, 0.29) is 11.7 Å². The largest absolute Gasteiger partial charge is 0.379 e. The van der Waals surface area contributed by atoms with Crippen molar-refractivity contribution in [2.45, 2.75) is 19.4 Å². The molecule has 2 rings (SSSR count). The van der Waals surface area contributed by atoms with E-state index < -0.39 is 17.6 Å². The fourth-order valence-corrected chi connectivity index (χ4v) is 3.49. The molecule has 0 aliphatic carbocycles. The number of ether oxygens (including phenoxy) is 1. The predicted octanol–water partition coefficient (Wildman–Crippen LogP) is 2.37. The molecule has 7 nitrogen and oxygen atoms in total. The minimum Gasteiger partial charge on any atom is -0.379 e. The number of hydrogen-bond donors (Lipinski definition) is 2. The molecule has 2 unspecified atom stereocenters. The van der Waals surface area contributed by atoms with Crippen LogP contribution in [0.4, 0.5) is 10.1 Å². The number of aliphatic imine (C=N–C) groups is 1. The Balaban J connectivity index is 2.10. The number of hydrogen-bond acceptors (Lipinski definition) is 6. The van der Waals surface area contributed by atoms with Gasteiger partial charge in [0, 0.05) is 25.7 Å². The summed E-state index contributed by atoms with van der Waals surface area (Å²) in [5.41, 5.74) is 0.0474. The maximum absolute atomic E-state index is 13.9. The minimum atomic E-state index is -1.14. The lowest BCUT2D eigenvalue weighted by molar-refractivity contribution is -0.116. The Bertz CT molecular complexity index is 749. The summed E-state index contributed by atoms with van der Waals surface area (Å²) in [5.74, 6) is -1.00. The van der Waals surface area contributed by atoms with Crippen molar-refractivity contribution in [2.24, 2.45) is 10.9 Å². The zero-order valence-corrected chi connectivity index (χ0v) is 18.4. The van der Waals surface area contributed by atoms with Crippen LogP contribution in [0.3, 0.4) is 0 Å². The molecular weight excluding hydrogens is 405 g/mol. The SMILES string of the molecule is CSCCCNC(=NCC(C)N1CCOCC1)C(C#N)C(=O)Nc1ccccc1F. The Labute approximate surface area is 182 Å². The average molecular weight is 436 g/mol. The molecule has 2 N–H and O–H groups in total. The van der Waals surface area contributed by atoms with Crippen molar-refractivity contribution in [3.8, 4) is 6.07 Å². The molecule has 1 aliphatic rings. The van der Waals surface area contributed by atoms with Gasteiger partial charge in [0.25, 0.3) is 0 Å². The Hall–Kier alpha value is -2.15. The molecule has 0 bridgehead atoms. The molecular formula is C21H30FN5O2S. The number of nitrogens with one attached hydrogen (secondary N) is 2. The number of amides is 1. The van der Waals surface area contributed by atoms with Gasteiger partial charge in [-0.3, -0.25) is 14.7 Å². The standard InChI is InChI=1S/C21H30FN5O2S/c1-16(27-9-11-29-12-10-27)15-25-20(24-8-5-13-30-2)17(14-23)21(28)26-19-7-4-3-6-18(19)22/h3-4,6-7,16-17H,5,8-13,15H2,1-2H3,(H,24,25)(H,26,28). The van der Waals surface area contributed by atoms with E-state index in [2.05, 4.69) is 27.4 Å². The number of amidine groups is 1. The van der Waals surface area contributed by atoms with E-state index in [0.29, 0.717) is 32.1 Å². The molecule has 0 saturated carbocycles. The molecule has 2 atom stereocenters. The van der Waals surface area contributed by atoms with Gasteiger partial charge in [-0.15, -0.1) is 0 Å². The number of benzene rings is 1. The number of nitriles is 1. The smallest absolute Gasteiger partial charge is 0.249 e. The minimum absolute atomic E-state index is 0.0474. The van der Waals surface area contributed by atoms with Gasteiger partial charge in [-0.2, -0.15) is 17.0 Å². The number of thioether (sulfide) groups is 1. The van der Waals surface area contributed by atoms with Gasteiger partial charge in [0.05, 0.1) is 31.5 Å². The lowest BCUT2D eigenvalue weighted by atomic mass is 10.1. The Morgan fingerprint density at radius 3 is 2.80 bits per heavy atom. The van der Waals surface area contributed by atoms with Gasteiger partial charge in [0.15, 0.2) is 5.92 Å². The van der Waals surface area contributed by atoms with Crippen LogP contribution in [-0.4, -0.2) is 74.1 Å². The Morgan fingerprint density at radius 2 is 2.13 bits per heavy atom. The van der Waals surface area contributed by atoms with Gasteiger partial charge >= 0.3 is 0 Å². The first kappa shape index (κ1) is 24.1. The molecule has 9 heteroatoms. The van der Waals surface area contributed by atoms with E-state index in [4.69, 9.17) is 4.74 Å². The van der Waals surface area contributed by atoms with E-state index >= 15 is 0 Å². The summed E-state index contributed by atoms with van der Waals surface area (Å²) in [7, 11) is 0. The fraction of sp³-hybridized carbons (Fsp3) is 0.571. The van der Waals surface area contributed by atoms with E-state index in [0.717, 1.165) is 25.3 Å². The molecule has 1 aromatic carbocycles. The Kier molecular flexibility index (Phi) is 10.6. The van der Waals surface area contributed by atoms with Crippen LogP contribution >= 0.6 is 11.8 Å². The number of para-hydroxylation sites is 1. The maximum atomic E-state index is 13.9. The van der Waals surface area contributed by atoms with E-state index in [1.165, 1.54) is 12.1 Å². The summed E-state index contributed by atoms with van der Waals surface area (Å²) >= 11 is 1.73. The van der Waals surface area contributed by atoms with Crippen LogP contribution in [-0.2, 0) is 9.53 Å². The number of halogens is 1. The number of morpholine rings is 1. The molecule has 1 aliphatic heterocycles. The lowest BCUT2D eigenvalue weighted by Gasteiger charge is -2.31. The lowest BCUT2D eigenvalue weighted by Crippen LogP contribution is -2.44. The van der Waals surface area contributed by atoms with Crippen LogP contribution in [0.1, 0.15) is 13.3 Å². The third-order valence-electron chi connectivity index (χ3n) is 4.82. The van der Waals surface area contributed by atoms with Crippen LogP contribution in [0, 0.1) is 23.1 Å². The summed E-state index contributed by atoms with van der Waals surface area (Å²) in [6.45, 7) is 6.19. The maximum Gasteiger partial charge on any atom is 0.249 e. The topological polar surface area (TPSA) is 89.8 Å². The normalized spacial score (nSPS) is 17.1. The second kappa shape index (κ2) is 13.2. The van der Waals surface area contributed by atoms with Crippen LogP contribution < -0.4 is 10.6 Å². The van der Waals surface area contributed by atoms with Gasteiger partial charge in [-0.05, 0) is 37.5 Å². The quantitative estimate of drug-likeness (QED) is 0.333. The van der Waals surface area contributed by atoms with Crippen LogP contribution in [0.5, 0.6) is 0 Å². The first-order valence-corrected chi connectivity index (χ1v) is 11.5. The van der Waals surface area contributed by atoms with E-state index in [9.17, 15) is 14.4 Å². The van der Waals surface area contributed by atoms with E-state index in [1.807, 2.05) is 12.3 Å². The molecule has 1 heterocycles. The van der Waals surface area contributed by atoms with Gasteiger partial charge < -0.3 is 15.4 Å². The van der Waals surface area contributed by atoms with Gasteiger partial charge in [0.2, 0.25) is 5.91 Å². The first-order valence-electron chi connectivity index (χ1n) is 10.1. The molecule has 1 aromatic rings. The van der Waals surface area contributed by atoms with Gasteiger partial charge in [0.1, 0.15) is 11.7 Å². The molecule has 30 heavy (non-hydrogen) atoms. The van der Waals surface area contributed by atoms with E-state index in [1.54, 1.807) is 23.9 Å². The zero-order chi connectivity index (χ0) is 21.8. The van der Waals surface area contributed by atoms with Crippen molar-refractivity contribution >= 4 is 29.2 Å². The second-order valence-electron chi connectivity index (χ2n) is 7.03. The number of carbonyl (C=O) groups is 1. The number of rotatable bonds is 10. The molecule has 0 spiro atoms. The molecule has 1 saturated heterocycles. The van der Waals surface area contributed by atoms with Crippen molar-refractivity contribution < 1.29 is 13.9 Å². The Morgan fingerprint density at radius 1 is 1.40 bits per heavy atom. The third kappa shape index (κ3) is 7.59. The highest BCUT2D eigenvalue weighted by Gasteiger charge is 2.26. The molecule has 1 fully saturated rings. The van der Waals surface area contributed by atoms with Gasteiger partial charge in [-0.1, -0.05) is 12.1 Å². The highest BCUT2D eigenvalue weighted by molar-refractivity contribution is 7.98. The van der Waals surface area contributed by atoms with Crippen molar-refractivity contribution in [3.63, 3.8) is 0 Å². The molecule has 0 aromatic heterocycles. The van der Waals surface area contributed by atoms with Crippen LogP contribution in [0.15, 0.2) is 29.3 Å². The highest BCUT2D eigenvalue weighted by Crippen LogP contribution is 2.14. The van der Waals surface area contributed by atoms with Crippen LogP contribution in [0.25, 0.3) is 0 Å². The number of anilines is 1. The van der Waals surface area contributed by atoms with Crippen molar-refractivity contribution in [2.75, 3.05) is 56.7 Å². The monoisotopic (exact) mass is 435 g/mol. The summed E-state index contributed by atoms with van der Waals surface area (Å²) in [5, 5.41) is 15.3.